The summed E-state index contributed by atoms with van der Waals surface area (Å²) >= 11 is 0. The molecule has 0 radical (unpaired) electrons. The van der Waals surface area contributed by atoms with Crippen molar-refractivity contribution in [2.45, 2.75) is 31.0 Å². The number of hydrogen-bond acceptors (Lipinski definition) is 2. The zero-order valence-electron chi connectivity index (χ0n) is 5.87. The SMILES string of the molecule is O[C@@H]1C(C(F)F)C[C@H]2C[C@]21O. The van der Waals surface area contributed by atoms with Gasteiger partial charge in [0.25, 0.3) is 0 Å². The maximum absolute atomic E-state index is 12.1. The highest BCUT2D eigenvalue weighted by atomic mass is 19.3. The van der Waals surface area contributed by atoms with Crippen LogP contribution in [0.2, 0.25) is 0 Å². The molecule has 11 heavy (non-hydrogen) atoms. The first kappa shape index (κ1) is 7.43. The third-order valence-electron chi connectivity index (χ3n) is 2.92. The van der Waals surface area contributed by atoms with E-state index in [0.717, 1.165) is 0 Å². The molecule has 2 saturated carbocycles. The minimum absolute atomic E-state index is 0.0727. The number of halogens is 2. The van der Waals surface area contributed by atoms with Gasteiger partial charge in [0.15, 0.2) is 0 Å². The summed E-state index contributed by atoms with van der Waals surface area (Å²) in [4.78, 5) is 0. The molecule has 2 rings (SSSR count). The first-order chi connectivity index (χ1) is 5.05. The van der Waals surface area contributed by atoms with E-state index in [1.807, 2.05) is 0 Å². The smallest absolute Gasteiger partial charge is 0.244 e. The first-order valence-corrected chi connectivity index (χ1v) is 3.74. The lowest BCUT2D eigenvalue weighted by Gasteiger charge is -2.19. The molecule has 0 amide bonds. The number of fused-ring (bicyclic) bond motifs is 1. The topological polar surface area (TPSA) is 40.5 Å². The van der Waals surface area contributed by atoms with Crippen LogP contribution in [0.1, 0.15) is 12.8 Å². The molecule has 0 aromatic carbocycles. The number of rotatable bonds is 1. The van der Waals surface area contributed by atoms with Gasteiger partial charge in [0.2, 0.25) is 6.43 Å². The van der Waals surface area contributed by atoms with Crippen molar-refractivity contribution in [1.29, 1.82) is 0 Å². The summed E-state index contributed by atoms with van der Waals surface area (Å²) in [5, 5.41) is 18.6. The van der Waals surface area contributed by atoms with E-state index < -0.39 is 24.0 Å². The lowest BCUT2D eigenvalue weighted by Crippen LogP contribution is -2.34. The van der Waals surface area contributed by atoms with Crippen LogP contribution in [0, 0.1) is 11.8 Å². The van der Waals surface area contributed by atoms with Crippen molar-refractivity contribution in [1.82, 2.24) is 0 Å². The van der Waals surface area contributed by atoms with Crippen molar-refractivity contribution in [2.75, 3.05) is 0 Å². The second-order valence-electron chi connectivity index (χ2n) is 3.57. The molecule has 0 aromatic rings. The Morgan fingerprint density at radius 3 is 2.36 bits per heavy atom. The quantitative estimate of drug-likeness (QED) is 0.588. The molecule has 64 valence electrons. The van der Waals surface area contributed by atoms with E-state index in [1.165, 1.54) is 0 Å². The van der Waals surface area contributed by atoms with Crippen LogP contribution in [0.15, 0.2) is 0 Å². The summed E-state index contributed by atoms with van der Waals surface area (Å²) in [6, 6.07) is 0. The van der Waals surface area contributed by atoms with Crippen LogP contribution in [0.25, 0.3) is 0 Å². The van der Waals surface area contributed by atoms with E-state index in [2.05, 4.69) is 0 Å². The summed E-state index contributed by atoms with van der Waals surface area (Å²) in [7, 11) is 0. The van der Waals surface area contributed by atoms with E-state index in [4.69, 9.17) is 0 Å². The van der Waals surface area contributed by atoms with Gasteiger partial charge in [0, 0.05) is 5.92 Å². The Kier molecular flexibility index (Phi) is 1.30. The van der Waals surface area contributed by atoms with Gasteiger partial charge < -0.3 is 10.2 Å². The summed E-state index contributed by atoms with van der Waals surface area (Å²) in [6.07, 6.45) is -2.93. The van der Waals surface area contributed by atoms with Gasteiger partial charge in [-0.05, 0) is 18.8 Å². The normalized spacial score (nSPS) is 54.8. The van der Waals surface area contributed by atoms with Crippen LogP contribution in [0.4, 0.5) is 8.78 Å². The van der Waals surface area contributed by atoms with Gasteiger partial charge in [-0.15, -0.1) is 0 Å². The van der Waals surface area contributed by atoms with E-state index in [1.54, 1.807) is 0 Å². The number of alkyl halides is 2. The Morgan fingerprint density at radius 2 is 2.09 bits per heavy atom. The van der Waals surface area contributed by atoms with Gasteiger partial charge in [-0.3, -0.25) is 0 Å². The fourth-order valence-corrected chi connectivity index (χ4v) is 2.05. The molecule has 0 saturated heterocycles. The second-order valence-corrected chi connectivity index (χ2v) is 3.57. The highest BCUT2D eigenvalue weighted by molar-refractivity contribution is 5.16. The molecule has 0 heterocycles. The molecule has 2 aliphatic carbocycles. The molecule has 2 aliphatic rings. The van der Waals surface area contributed by atoms with Gasteiger partial charge in [-0.2, -0.15) is 0 Å². The maximum atomic E-state index is 12.1. The van der Waals surface area contributed by atoms with Crippen LogP contribution in [-0.4, -0.2) is 28.3 Å². The third-order valence-corrected chi connectivity index (χ3v) is 2.92. The van der Waals surface area contributed by atoms with Gasteiger partial charge in [0.05, 0.1) is 11.7 Å². The highest BCUT2D eigenvalue weighted by Gasteiger charge is 2.67. The van der Waals surface area contributed by atoms with Crippen LogP contribution >= 0.6 is 0 Å². The summed E-state index contributed by atoms with van der Waals surface area (Å²) in [6.45, 7) is 0. The molecule has 0 bridgehead atoms. The number of hydrogen-bond donors (Lipinski definition) is 2. The Morgan fingerprint density at radius 1 is 1.45 bits per heavy atom. The average molecular weight is 164 g/mol. The van der Waals surface area contributed by atoms with Crippen molar-refractivity contribution in [3.63, 3.8) is 0 Å². The maximum Gasteiger partial charge on any atom is 0.244 e. The minimum Gasteiger partial charge on any atom is -0.390 e. The fraction of sp³-hybridized carbons (Fsp3) is 1.00. The molecule has 0 aromatic heterocycles. The average Bonchev–Trinajstić information content (AvgIpc) is 2.50. The first-order valence-electron chi connectivity index (χ1n) is 3.74. The molecule has 0 aliphatic heterocycles. The van der Waals surface area contributed by atoms with Crippen molar-refractivity contribution >= 4 is 0 Å². The molecule has 1 unspecified atom stereocenters. The van der Waals surface area contributed by atoms with Crippen LogP contribution in [-0.2, 0) is 0 Å². The molecule has 2 N–H and O–H groups in total. The fourth-order valence-electron chi connectivity index (χ4n) is 2.05. The molecule has 2 fully saturated rings. The zero-order valence-corrected chi connectivity index (χ0v) is 5.87. The predicted octanol–water partition coefficient (Wildman–Crippen LogP) is 0.383. The van der Waals surface area contributed by atoms with E-state index >= 15 is 0 Å². The van der Waals surface area contributed by atoms with Gasteiger partial charge in [-0.25, -0.2) is 8.78 Å². The van der Waals surface area contributed by atoms with Crippen molar-refractivity contribution < 1.29 is 19.0 Å². The van der Waals surface area contributed by atoms with E-state index in [0.29, 0.717) is 6.42 Å². The largest absolute Gasteiger partial charge is 0.390 e. The third kappa shape index (κ3) is 0.825. The molecule has 2 nitrogen and oxygen atoms in total. The predicted molar refractivity (Wildman–Crippen MR) is 33.2 cm³/mol. The Balaban J connectivity index is 2.09. The van der Waals surface area contributed by atoms with E-state index in [-0.39, 0.29) is 12.3 Å². The van der Waals surface area contributed by atoms with Gasteiger partial charge >= 0.3 is 0 Å². The molecular formula is C7H10F2O2. The molecule has 0 spiro atoms. The van der Waals surface area contributed by atoms with Gasteiger partial charge in [-0.1, -0.05) is 0 Å². The van der Waals surface area contributed by atoms with Crippen molar-refractivity contribution in [3.05, 3.63) is 0 Å². The highest BCUT2D eigenvalue weighted by Crippen LogP contribution is 2.59. The standard InChI is InChI=1S/C7H10F2O2/c8-6(9)4-1-3-2-7(3,11)5(4)10/h3-6,10-11H,1-2H2/t3-,4?,5+,7-/m0/s1. The minimum atomic E-state index is -2.50. The van der Waals surface area contributed by atoms with Crippen LogP contribution in [0.5, 0.6) is 0 Å². The van der Waals surface area contributed by atoms with Crippen LogP contribution < -0.4 is 0 Å². The Bertz CT molecular complexity index is 185. The summed E-state index contributed by atoms with van der Waals surface area (Å²) in [5.74, 6) is -1.07. The Labute approximate surface area is 62.8 Å². The second kappa shape index (κ2) is 1.93. The Hall–Kier alpha value is -0.220. The molecular weight excluding hydrogens is 154 g/mol. The number of aliphatic hydroxyl groups is 2. The van der Waals surface area contributed by atoms with Gasteiger partial charge in [0.1, 0.15) is 0 Å². The summed E-state index contributed by atoms with van der Waals surface area (Å²) < 4.78 is 24.2. The van der Waals surface area contributed by atoms with E-state index in [9.17, 15) is 19.0 Å². The molecule has 4 heteroatoms. The monoisotopic (exact) mass is 164 g/mol. The lowest BCUT2D eigenvalue weighted by molar-refractivity contribution is -0.0584. The van der Waals surface area contributed by atoms with Crippen LogP contribution in [0.3, 0.4) is 0 Å². The zero-order chi connectivity index (χ0) is 8.22. The van der Waals surface area contributed by atoms with Crippen molar-refractivity contribution in [3.8, 4) is 0 Å². The molecule has 4 atom stereocenters. The summed E-state index contributed by atoms with van der Waals surface area (Å²) in [5.41, 5.74) is -1.15. The van der Waals surface area contributed by atoms with Crippen molar-refractivity contribution in [2.24, 2.45) is 11.8 Å². The lowest BCUT2D eigenvalue weighted by atomic mass is 10.0. The number of aliphatic hydroxyl groups excluding tert-OH is 1.